The maximum Gasteiger partial charge on any atom is 0.227 e. The van der Waals surface area contributed by atoms with E-state index in [1.54, 1.807) is 18.5 Å². The molecule has 0 bridgehead atoms. The van der Waals surface area contributed by atoms with Gasteiger partial charge in [-0.2, -0.15) is 0 Å². The lowest BCUT2D eigenvalue weighted by Crippen LogP contribution is -2.30. The lowest BCUT2D eigenvalue weighted by molar-refractivity contribution is -0.129. The van der Waals surface area contributed by atoms with E-state index in [1.807, 2.05) is 23.1 Å². The Morgan fingerprint density at radius 3 is 2.75 bits per heavy atom. The lowest BCUT2D eigenvalue weighted by Gasteiger charge is -2.17. The first-order chi connectivity index (χ1) is 13.7. The van der Waals surface area contributed by atoms with Gasteiger partial charge in [-0.15, -0.1) is 10.2 Å². The molecule has 1 saturated heterocycles. The van der Waals surface area contributed by atoms with Crippen LogP contribution in [0.25, 0.3) is 0 Å². The fourth-order valence-corrected chi connectivity index (χ4v) is 3.77. The molecule has 5 nitrogen and oxygen atoms in total. The summed E-state index contributed by atoms with van der Waals surface area (Å²) in [5.41, 5.74) is 1.93. The Labute approximate surface area is 163 Å². The molecule has 3 aromatic rings. The van der Waals surface area contributed by atoms with E-state index in [1.165, 1.54) is 17.7 Å². The van der Waals surface area contributed by atoms with Crippen molar-refractivity contribution in [3.8, 4) is 0 Å². The van der Waals surface area contributed by atoms with E-state index in [-0.39, 0.29) is 18.1 Å². The third-order valence-electron chi connectivity index (χ3n) is 5.25. The molecule has 0 saturated carbocycles. The van der Waals surface area contributed by atoms with E-state index in [9.17, 15) is 9.18 Å². The van der Waals surface area contributed by atoms with Crippen LogP contribution in [0.3, 0.4) is 0 Å². The van der Waals surface area contributed by atoms with E-state index in [4.69, 9.17) is 0 Å². The molecule has 0 N–H and O–H groups in total. The Hall–Kier alpha value is -3.02. The molecular formula is C22H23FN4O. The number of likely N-dealkylation sites (tertiary alicyclic amines) is 1. The van der Waals surface area contributed by atoms with Gasteiger partial charge in [0.25, 0.3) is 0 Å². The molecular weight excluding hydrogens is 355 g/mol. The number of hydrogen-bond acceptors (Lipinski definition) is 3. The molecule has 4 rings (SSSR count). The topological polar surface area (TPSA) is 51.0 Å². The second-order valence-electron chi connectivity index (χ2n) is 7.37. The molecule has 0 aliphatic carbocycles. The van der Waals surface area contributed by atoms with Crippen LogP contribution >= 0.6 is 0 Å². The van der Waals surface area contributed by atoms with Crippen molar-refractivity contribution < 1.29 is 9.18 Å². The molecule has 1 atom stereocenters. The molecule has 0 radical (unpaired) electrons. The van der Waals surface area contributed by atoms with Crippen LogP contribution in [-0.2, 0) is 24.2 Å². The summed E-state index contributed by atoms with van der Waals surface area (Å²) in [4.78, 5) is 14.4. The van der Waals surface area contributed by atoms with Gasteiger partial charge in [-0.3, -0.25) is 4.79 Å². The minimum Gasteiger partial charge on any atom is -0.342 e. The Kier molecular flexibility index (Phi) is 5.46. The van der Waals surface area contributed by atoms with Crippen molar-refractivity contribution in [1.29, 1.82) is 0 Å². The van der Waals surface area contributed by atoms with E-state index in [2.05, 4.69) is 26.9 Å². The molecule has 2 aromatic carbocycles. The first-order valence-corrected chi connectivity index (χ1v) is 9.60. The maximum absolute atomic E-state index is 13.3. The van der Waals surface area contributed by atoms with Crippen LogP contribution in [0.15, 0.2) is 60.9 Å². The molecule has 144 valence electrons. The number of amides is 1. The van der Waals surface area contributed by atoms with Crippen LogP contribution in [0, 0.1) is 11.7 Å². The molecule has 2 heterocycles. The predicted octanol–water partition coefficient (Wildman–Crippen LogP) is 3.10. The third-order valence-corrected chi connectivity index (χ3v) is 5.25. The Balaban J connectivity index is 1.34. The van der Waals surface area contributed by atoms with Gasteiger partial charge < -0.3 is 9.47 Å². The van der Waals surface area contributed by atoms with Gasteiger partial charge in [-0.1, -0.05) is 42.5 Å². The quantitative estimate of drug-likeness (QED) is 0.662. The predicted molar refractivity (Wildman–Crippen MR) is 104 cm³/mol. The highest BCUT2D eigenvalue weighted by atomic mass is 19.1. The normalized spacial score (nSPS) is 16.5. The number of benzene rings is 2. The van der Waals surface area contributed by atoms with Gasteiger partial charge in [-0.05, 0) is 35.6 Å². The van der Waals surface area contributed by atoms with Crippen molar-refractivity contribution in [3.05, 3.63) is 83.7 Å². The SMILES string of the molecule is O=C(Cc1cccc(F)c1)N1CCC(Cc2nncn2Cc2ccccc2)C1. The fraction of sp³-hybridized carbons (Fsp3) is 0.318. The third kappa shape index (κ3) is 4.44. The van der Waals surface area contributed by atoms with Crippen molar-refractivity contribution in [2.45, 2.75) is 25.8 Å². The van der Waals surface area contributed by atoms with Gasteiger partial charge >= 0.3 is 0 Å². The summed E-state index contributed by atoms with van der Waals surface area (Å²) in [6.45, 7) is 2.20. The van der Waals surface area contributed by atoms with Crippen LogP contribution in [0.4, 0.5) is 4.39 Å². The summed E-state index contributed by atoms with van der Waals surface area (Å²) < 4.78 is 15.4. The molecule has 1 fully saturated rings. The second kappa shape index (κ2) is 8.33. The Morgan fingerprint density at radius 1 is 1.11 bits per heavy atom. The zero-order valence-corrected chi connectivity index (χ0v) is 15.7. The number of hydrogen-bond donors (Lipinski definition) is 0. The molecule has 1 aliphatic heterocycles. The van der Waals surface area contributed by atoms with E-state index < -0.39 is 0 Å². The largest absolute Gasteiger partial charge is 0.342 e. The van der Waals surface area contributed by atoms with Gasteiger partial charge in [0.2, 0.25) is 5.91 Å². The van der Waals surface area contributed by atoms with Crippen LogP contribution in [0.2, 0.25) is 0 Å². The smallest absolute Gasteiger partial charge is 0.227 e. The van der Waals surface area contributed by atoms with E-state index >= 15 is 0 Å². The average molecular weight is 378 g/mol. The number of nitrogens with zero attached hydrogens (tertiary/aromatic N) is 4. The number of halogens is 1. The van der Waals surface area contributed by atoms with Gasteiger partial charge in [-0.25, -0.2) is 4.39 Å². The van der Waals surface area contributed by atoms with Crippen molar-refractivity contribution in [2.75, 3.05) is 13.1 Å². The molecule has 1 aromatic heterocycles. The van der Waals surface area contributed by atoms with Gasteiger partial charge in [0, 0.05) is 19.5 Å². The minimum atomic E-state index is -0.303. The summed E-state index contributed by atoms with van der Waals surface area (Å²) in [7, 11) is 0. The summed E-state index contributed by atoms with van der Waals surface area (Å²) in [5, 5.41) is 8.37. The number of rotatable bonds is 6. The first-order valence-electron chi connectivity index (χ1n) is 9.60. The van der Waals surface area contributed by atoms with E-state index in [0.29, 0.717) is 12.5 Å². The van der Waals surface area contributed by atoms with Crippen molar-refractivity contribution in [2.24, 2.45) is 5.92 Å². The van der Waals surface area contributed by atoms with Gasteiger partial charge in [0.15, 0.2) is 0 Å². The lowest BCUT2D eigenvalue weighted by atomic mass is 10.0. The molecule has 1 amide bonds. The summed E-state index contributed by atoms with van der Waals surface area (Å²) in [6.07, 6.45) is 3.77. The van der Waals surface area contributed by atoms with Gasteiger partial charge in [0.05, 0.1) is 13.0 Å². The molecule has 1 unspecified atom stereocenters. The minimum absolute atomic E-state index is 0.0545. The summed E-state index contributed by atoms with van der Waals surface area (Å²) in [6, 6.07) is 16.5. The monoisotopic (exact) mass is 378 g/mol. The molecule has 1 aliphatic rings. The number of carbonyl (C=O) groups is 1. The standard InChI is InChI=1S/C22H23FN4O/c23-20-8-4-7-18(11-20)13-22(28)26-10-9-19(15-26)12-21-25-24-16-27(21)14-17-5-2-1-3-6-17/h1-8,11,16,19H,9-10,12-15H2. The van der Waals surface area contributed by atoms with Crippen molar-refractivity contribution in [3.63, 3.8) is 0 Å². The highest BCUT2D eigenvalue weighted by molar-refractivity contribution is 5.79. The first kappa shape index (κ1) is 18.3. The molecule has 6 heteroatoms. The van der Waals surface area contributed by atoms with Crippen LogP contribution in [0.1, 0.15) is 23.4 Å². The van der Waals surface area contributed by atoms with E-state index in [0.717, 1.165) is 37.3 Å². The molecule has 0 spiro atoms. The molecule has 28 heavy (non-hydrogen) atoms. The zero-order valence-electron chi connectivity index (χ0n) is 15.7. The van der Waals surface area contributed by atoms with Crippen LogP contribution < -0.4 is 0 Å². The maximum atomic E-state index is 13.3. The van der Waals surface area contributed by atoms with Gasteiger partial charge in [0.1, 0.15) is 18.0 Å². The Bertz CT molecular complexity index is 940. The average Bonchev–Trinajstić information content (AvgIpc) is 3.33. The Morgan fingerprint density at radius 2 is 1.93 bits per heavy atom. The zero-order chi connectivity index (χ0) is 19.3. The number of carbonyl (C=O) groups excluding carboxylic acids is 1. The second-order valence-corrected chi connectivity index (χ2v) is 7.37. The fourth-order valence-electron chi connectivity index (χ4n) is 3.77. The highest BCUT2D eigenvalue weighted by Crippen LogP contribution is 2.21. The van der Waals surface area contributed by atoms with Crippen LogP contribution in [0.5, 0.6) is 0 Å². The summed E-state index contributed by atoms with van der Waals surface area (Å²) >= 11 is 0. The highest BCUT2D eigenvalue weighted by Gasteiger charge is 2.27. The number of aromatic nitrogens is 3. The van der Waals surface area contributed by atoms with Crippen molar-refractivity contribution >= 4 is 5.91 Å². The van der Waals surface area contributed by atoms with Crippen molar-refractivity contribution in [1.82, 2.24) is 19.7 Å². The summed E-state index contributed by atoms with van der Waals surface area (Å²) in [5.74, 6) is 1.07. The van der Waals surface area contributed by atoms with Crippen LogP contribution in [-0.4, -0.2) is 38.7 Å².